The number of ketones is 1. The van der Waals surface area contributed by atoms with Crippen LogP contribution < -0.4 is 16.0 Å². The average molecular weight is 396 g/mol. The maximum Gasteiger partial charge on any atom is 0.200 e. The van der Waals surface area contributed by atoms with Gasteiger partial charge in [0.05, 0.1) is 0 Å². The number of Topliss-reactive ketones (excluding diaryl/α,β-unsaturated/α-hetero) is 1. The van der Waals surface area contributed by atoms with Crippen LogP contribution in [0.15, 0.2) is 35.5 Å². The molecule has 1 unspecified atom stereocenters. The fourth-order valence-corrected chi connectivity index (χ4v) is 4.46. The highest BCUT2D eigenvalue weighted by atomic mass is 32.1. The molecule has 0 saturated heterocycles. The van der Waals surface area contributed by atoms with Gasteiger partial charge in [-0.1, -0.05) is 26.0 Å². The first-order valence-corrected chi connectivity index (χ1v) is 9.77. The SMILES string of the molecule is CN(C)c1ccc(C2C3=C(CC(C)(C)CC3=O)Nc3nc(=S)[nH]c(N)c32)cc1. The molecule has 1 atom stereocenters. The molecule has 0 saturated carbocycles. The Balaban J connectivity index is 1.94. The first-order chi connectivity index (χ1) is 13.2. The van der Waals surface area contributed by atoms with Crippen molar-refractivity contribution in [2.24, 2.45) is 5.41 Å². The summed E-state index contributed by atoms with van der Waals surface area (Å²) < 4.78 is 0.330. The number of hydrogen-bond acceptors (Lipinski definition) is 6. The van der Waals surface area contributed by atoms with E-state index in [1.807, 2.05) is 19.0 Å². The third kappa shape index (κ3) is 3.09. The number of nitrogens with zero attached hydrogens (tertiary/aromatic N) is 2. The number of H-pyrrole nitrogens is 1. The minimum absolute atomic E-state index is 0.0943. The quantitative estimate of drug-likeness (QED) is 0.667. The van der Waals surface area contributed by atoms with Gasteiger partial charge in [0, 0.05) is 49.0 Å². The Labute approximate surface area is 169 Å². The molecule has 1 aliphatic carbocycles. The van der Waals surface area contributed by atoms with Crippen LogP contribution in [0.4, 0.5) is 17.3 Å². The van der Waals surface area contributed by atoms with Gasteiger partial charge in [-0.15, -0.1) is 0 Å². The summed E-state index contributed by atoms with van der Waals surface area (Å²) in [5, 5.41) is 3.37. The normalized spacial score (nSPS) is 20.3. The summed E-state index contributed by atoms with van der Waals surface area (Å²) in [6.45, 7) is 4.23. The molecule has 1 aromatic carbocycles. The summed E-state index contributed by atoms with van der Waals surface area (Å²) >= 11 is 5.23. The fraction of sp³-hybridized carbons (Fsp3) is 0.381. The lowest BCUT2D eigenvalue weighted by Crippen LogP contribution is -2.34. The van der Waals surface area contributed by atoms with Crippen molar-refractivity contribution in [3.63, 3.8) is 0 Å². The van der Waals surface area contributed by atoms with E-state index in [-0.39, 0.29) is 17.1 Å². The van der Waals surface area contributed by atoms with Crippen molar-refractivity contribution in [2.75, 3.05) is 30.0 Å². The third-order valence-corrected chi connectivity index (χ3v) is 5.70. The number of nitrogens with two attached hydrogens (primary N) is 1. The summed E-state index contributed by atoms with van der Waals surface area (Å²) in [6, 6.07) is 8.24. The summed E-state index contributed by atoms with van der Waals surface area (Å²) in [5.74, 6) is 0.999. The van der Waals surface area contributed by atoms with Crippen molar-refractivity contribution < 1.29 is 4.79 Å². The van der Waals surface area contributed by atoms with Gasteiger partial charge in [0.15, 0.2) is 10.6 Å². The van der Waals surface area contributed by atoms with E-state index in [1.165, 1.54) is 0 Å². The molecule has 1 aliphatic heterocycles. The maximum atomic E-state index is 13.2. The first-order valence-electron chi connectivity index (χ1n) is 9.36. The minimum atomic E-state index is -0.259. The Hall–Kier alpha value is -2.67. The van der Waals surface area contributed by atoms with Crippen molar-refractivity contribution >= 4 is 35.3 Å². The number of rotatable bonds is 2. The van der Waals surface area contributed by atoms with Crippen LogP contribution in [0.1, 0.15) is 43.7 Å². The molecule has 2 aliphatic rings. The van der Waals surface area contributed by atoms with E-state index >= 15 is 0 Å². The van der Waals surface area contributed by atoms with E-state index in [1.54, 1.807) is 0 Å². The zero-order valence-electron chi connectivity index (χ0n) is 16.6. The zero-order chi connectivity index (χ0) is 20.2. The number of carbonyl (C=O) groups excluding carboxylic acids is 1. The van der Waals surface area contributed by atoms with E-state index in [2.05, 4.69) is 53.4 Å². The number of fused-ring (bicyclic) bond motifs is 1. The molecule has 0 fully saturated rings. The lowest BCUT2D eigenvalue weighted by molar-refractivity contribution is -0.118. The van der Waals surface area contributed by atoms with Crippen molar-refractivity contribution in [3.05, 3.63) is 51.4 Å². The molecule has 4 rings (SSSR count). The van der Waals surface area contributed by atoms with Gasteiger partial charge in [0.2, 0.25) is 0 Å². The van der Waals surface area contributed by atoms with E-state index < -0.39 is 0 Å². The van der Waals surface area contributed by atoms with E-state index in [9.17, 15) is 4.79 Å². The molecule has 6 nitrogen and oxygen atoms in total. The molecule has 0 radical (unpaired) electrons. The fourth-order valence-electron chi connectivity index (χ4n) is 4.25. The van der Waals surface area contributed by atoms with Crippen LogP contribution >= 0.6 is 12.2 Å². The largest absolute Gasteiger partial charge is 0.385 e. The second-order valence-corrected chi connectivity index (χ2v) is 8.98. The van der Waals surface area contributed by atoms with Gasteiger partial charge in [0.25, 0.3) is 0 Å². The van der Waals surface area contributed by atoms with Crippen LogP contribution in [0.2, 0.25) is 0 Å². The van der Waals surface area contributed by atoms with E-state index in [0.717, 1.165) is 34.5 Å². The molecule has 0 spiro atoms. The number of nitrogens with one attached hydrogen (secondary N) is 2. The molecule has 2 aromatic rings. The Morgan fingerprint density at radius 2 is 1.89 bits per heavy atom. The first kappa shape index (κ1) is 18.7. The Kier molecular flexibility index (Phi) is 4.30. The van der Waals surface area contributed by atoms with Crippen LogP contribution in [-0.2, 0) is 4.79 Å². The lowest BCUT2D eigenvalue weighted by atomic mass is 9.69. The van der Waals surface area contributed by atoms with Crippen molar-refractivity contribution in [1.29, 1.82) is 0 Å². The Morgan fingerprint density at radius 3 is 2.54 bits per heavy atom. The molecule has 1 aromatic heterocycles. The number of carbonyl (C=O) groups is 1. The third-order valence-electron chi connectivity index (χ3n) is 5.51. The van der Waals surface area contributed by atoms with E-state index in [4.69, 9.17) is 18.0 Å². The molecule has 28 heavy (non-hydrogen) atoms. The summed E-state index contributed by atoms with van der Waals surface area (Å²) in [5.41, 5.74) is 10.9. The highest BCUT2D eigenvalue weighted by Crippen LogP contribution is 2.49. The number of anilines is 3. The standard InChI is InChI=1S/C21H25N5OS/c1-21(2)9-13-16(14(27)10-21)15(11-5-7-12(8-6-11)26(3)4)17-18(22)24-20(28)25-19(17)23-13/h5-8,15H,9-10H2,1-4H3,(H4,22,23,24,25,28). The van der Waals surface area contributed by atoms with Crippen molar-refractivity contribution in [1.82, 2.24) is 9.97 Å². The molecule has 4 N–H and O–H groups in total. The molecular weight excluding hydrogens is 370 g/mol. The number of aromatic amines is 1. The van der Waals surface area contributed by atoms with Crippen LogP contribution in [0, 0.1) is 10.2 Å². The summed E-state index contributed by atoms with van der Waals surface area (Å²) in [7, 11) is 4.01. The van der Waals surface area contributed by atoms with Gasteiger partial charge < -0.3 is 20.9 Å². The zero-order valence-corrected chi connectivity index (χ0v) is 17.4. The number of hydrogen-bond donors (Lipinski definition) is 3. The second kappa shape index (κ2) is 6.44. The molecule has 0 bridgehead atoms. The highest BCUT2D eigenvalue weighted by molar-refractivity contribution is 7.71. The van der Waals surface area contributed by atoms with Crippen LogP contribution in [0.25, 0.3) is 0 Å². The van der Waals surface area contributed by atoms with Gasteiger partial charge in [-0.3, -0.25) is 4.79 Å². The summed E-state index contributed by atoms with van der Waals surface area (Å²) in [6.07, 6.45) is 1.30. The number of allylic oxidation sites excluding steroid dienone is 2. The highest BCUT2D eigenvalue weighted by Gasteiger charge is 2.42. The van der Waals surface area contributed by atoms with Gasteiger partial charge in [-0.25, -0.2) is 4.98 Å². The number of nitrogen functional groups attached to an aromatic ring is 1. The molecule has 146 valence electrons. The Bertz CT molecular complexity index is 1050. The van der Waals surface area contributed by atoms with Crippen molar-refractivity contribution in [3.8, 4) is 0 Å². The van der Waals surface area contributed by atoms with Crippen molar-refractivity contribution in [2.45, 2.75) is 32.6 Å². The minimum Gasteiger partial charge on any atom is -0.385 e. The van der Waals surface area contributed by atoms with Gasteiger partial charge in [-0.2, -0.15) is 0 Å². The number of benzene rings is 1. The lowest BCUT2D eigenvalue weighted by Gasteiger charge is -2.39. The second-order valence-electron chi connectivity index (χ2n) is 8.60. The smallest absolute Gasteiger partial charge is 0.200 e. The molecule has 7 heteroatoms. The van der Waals surface area contributed by atoms with Crippen LogP contribution in [-0.4, -0.2) is 29.8 Å². The average Bonchev–Trinajstić information content (AvgIpc) is 2.58. The van der Waals surface area contributed by atoms with Crippen LogP contribution in [0.3, 0.4) is 0 Å². The number of aromatic nitrogens is 2. The molecule has 0 amide bonds. The van der Waals surface area contributed by atoms with Gasteiger partial charge in [0.1, 0.15) is 11.6 Å². The van der Waals surface area contributed by atoms with E-state index in [0.29, 0.717) is 22.8 Å². The van der Waals surface area contributed by atoms with Gasteiger partial charge >= 0.3 is 0 Å². The summed E-state index contributed by atoms with van der Waals surface area (Å²) in [4.78, 5) is 22.7. The van der Waals surface area contributed by atoms with Gasteiger partial charge in [-0.05, 0) is 41.7 Å². The molecule has 2 heterocycles. The van der Waals surface area contributed by atoms with Crippen LogP contribution in [0.5, 0.6) is 0 Å². The predicted molar refractivity (Wildman–Crippen MR) is 115 cm³/mol. The monoisotopic (exact) mass is 395 g/mol. The predicted octanol–water partition coefficient (Wildman–Crippen LogP) is 3.99. The maximum absolute atomic E-state index is 13.2. The topological polar surface area (TPSA) is 87.0 Å². The Morgan fingerprint density at radius 1 is 1.21 bits per heavy atom. The molecular formula is C21H25N5OS.